The lowest BCUT2D eigenvalue weighted by molar-refractivity contribution is -0.376. The zero-order chi connectivity index (χ0) is 27.6. The van der Waals surface area contributed by atoms with Crippen molar-refractivity contribution in [3.05, 3.63) is 90.0 Å². The van der Waals surface area contributed by atoms with Crippen LogP contribution >= 0.6 is 0 Å². The van der Waals surface area contributed by atoms with Crippen LogP contribution in [0.15, 0.2) is 78.9 Å². The number of nitrogens with one attached hydrogen (secondary N) is 1. The normalized spacial score (nSPS) is 15.8. The first kappa shape index (κ1) is 27.5. The molecule has 3 aromatic carbocycles. The van der Waals surface area contributed by atoms with Gasteiger partial charge < -0.3 is 15.3 Å². The van der Waals surface area contributed by atoms with Crippen molar-refractivity contribution < 1.29 is 41.1 Å². The molecule has 5 nitrogen and oxygen atoms in total. The van der Waals surface area contributed by atoms with E-state index >= 15 is 0 Å². The van der Waals surface area contributed by atoms with E-state index in [1.54, 1.807) is 53.6 Å². The zero-order valence-electron chi connectivity index (χ0n) is 19.9. The number of piperidine rings is 1. The van der Waals surface area contributed by atoms with Crippen LogP contribution in [0.3, 0.4) is 0 Å². The molecule has 0 amide bonds. The SMILES string of the molecule is O=C(ON1CCC(Nc2ccc(-c3ccc(C(O)(C(F)(F)F)C(F)(F)F)cc3)cc2)CC1)c1ccccc1. The molecule has 38 heavy (non-hydrogen) atoms. The Kier molecular flexibility index (Phi) is 7.70. The summed E-state index contributed by atoms with van der Waals surface area (Å²) in [6.07, 6.45) is -10.4. The van der Waals surface area contributed by atoms with Crippen LogP contribution in [0.25, 0.3) is 11.1 Å². The molecular weight excluding hydrogens is 514 g/mol. The Labute approximate surface area is 214 Å². The second-order valence-electron chi connectivity index (χ2n) is 8.95. The molecule has 0 unspecified atom stereocenters. The van der Waals surface area contributed by atoms with Crippen molar-refractivity contribution in [3.63, 3.8) is 0 Å². The highest BCUT2D eigenvalue weighted by atomic mass is 19.4. The van der Waals surface area contributed by atoms with Gasteiger partial charge in [-0.15, -0.1) is 5.06 Å². The Hall–Kier alpha value is -3.57. The van der Waals surface area contributed by atoms with Gasteiger partial charge in [-0.05, 0) is 48.2 Å². The van der Waals surface area contributed by atoms with Gasteiger partial charge in [-0.1, -0.05) is 54.6 Å². The summed E-state index contributed by atoms with van der Waals surface area (Å²) in [6.45, 7) is 1.09. The monoisotopic (exact) mass is 538 g/mol. The highest BCUT2D eigenvalue weighted by molar-refractivity contribution is 5.89. The molecule has 0 atom stereocenters. The molecule has 1 aliphatic rings. The number of halogens is 6. The number of carbonyl (C=O) groups excluding carboxylic acids is 1. The van der Waals surface area contributed by atoms with Gasteiger partial charge in [0, 0.05) is 30.4 Å². The summed E-state index contributed by atoms with van der Waals surface area (Å²) >= 11 is 0. The Balaban J connectivity index is 1.34. The maximum Gasteiger partial charge on any atom is 0.430 e. The van der Waals surface area contributed by atoms with Crippen LogP contribution in [-0.2, 0) is 10.4 Å². The van der Waals surface area contributed by atoms with Crippen LogP contribution < -0.4 is 5.32 Å². The van der Waals surface area contributed by atoms with Crippen molar-refractivity contribution in [2.45, 2.75) is 36.8 Å². The van der Waals surface area contributed by atoms with E-state index in [1.165, 1.54) is 0 Å². The fourth-order valence-electron chi connectivity index (χ4n) is 4.22. The van der Waals surface area contributed by atoms with Gasteiger partial charge in [-0.3, -0.25) is 0 Å². The summed E-state index contributed by atoms with van der Waals surface area (Å²) in [4.78, 5) is 17.6. The topological polar surface area (TPSA) is 61.8 Å². The van der Waals surface area contributed by atoms with Crippen LogP contribution in [0, 0.1) is 0 Å². The highest BCUT2D eigenvalue weighted by Gasteiger charge is 2.71. The van der Waals surface area contributed by atoms with E-state index in [9.17, 15) is 36.2 Å². The van der Waals surface area contributed by atoms with Crippen LogP contribution in [0.1, 0.15) is 28.8 Å². The molecule has 11 heteroatoms. The number of benzene rings is 3. The van der Waals surface area contributed by atoms with Gasteiger partial charge in [0.1, 0.15) is 0 Å². The predicted molar refractivity (Wildman–Crippen MR) is 128 cm³/mol. The molecule has 1 heterocycles. The maximum atomic E-state index is 13.1. The van der Waals surface area contributed by atoms with E-state index in [-0.39, 0.29) is 6.04 Å². The number of hydrogen-bond acceptors (Lipinski definition) is 5. The lowest BCUT2D eigenvalue weighted by Crippen LogP contribution is -2.53. The lowest BCUT2D eigenvalue weighted by Gasteiger charge is -2.32. The van der Waals surface area contributed by atoms with Gasteiger partial charge in [0.2, 0.25) is 0 Å². The number of hydroxylamine groups is 2. The van der Waals surface area contributed by atoms with E-state index in [0.29, 0.717) is 54.8 Å². The number of rotatable bonds is 6. The third-order valence-corrected chi connectivity index (χ3v) is 6.39. The number of carbonyl (C=O) groups is 1. The summed E-state index contributed by atoms with van der Waals surface area (Å²) in [5, 5.41) is 14.5. The second kappa shape index (κ2) is 10.7. The molecule has 1 fully saturated rings. The van der Waals surface area contributed by atoms with Gasteiger partial charge in [0.15, 0.2) is 0 Å². The fourth-order valence-corrected chi connectivity index (χ4v) is 4.22. The predicted octanol–water partition coefficient (Wildman–Crippen LogP) is 6.31. The number of anilines is 1. The van der Waals surface area contributed by atoms with Crippen LogP contribution in [0.5, 0.6) is 0 Å². The van der Waals surface area contributed by atoms with Gasteiger partial charge in [-0.2, -0.15) is 26.3 Å². The number of alkyl halides is 6. The van der Waals surface area contributed by atoms with Crippen molar-refractivity contribution in [2.24, 2.45) is 0 Å². The van der Waals surface area contributed by atoms with Crippen LogP contribution in [0.2, 0.25) is 0 Å². The molecule has 0 radical (unpaired) electrons. The minimum Gasteiger partial charge on any atom is -0.382 e. The van der Waals surface area contributed by atoms with E-state index in [2.05, 4.69) is 5.32 Å². The molecular formula is C27H24F6N2O3. The van der Waals surface area contributed by atoms with Crippen molar-refractivity contribution in [2.75, 3.05) is 18.4 Å². The Morgan fingerprint density at radius 3 is 1.79 bits per heavy atom. The Bertz CT molecular complexity index is 1210. The average Bonchev–Trinajstić information content (AvgIpc) is 2.89. The van der Waals surface area contributed by atoms with Gasteiger partial charge in [0.05, 0.1) is 5.56 Å². The van der Waals surface area contributed by atoms with Gasteiger partial charge in [-0.25, -0.2) is 4.79 Å². The third-order valence-electron chi connectivity index (χ3n) is 6.39. The van der Waals surface area contributed by atoms with E-state index < -0.39 is 29.5 Å². The molecule has 4 rings (SSSR count). The highest BCUT2D eigenvalue weighted by Crippen LogP contribution is 2.50. The molecule has 0 aliphatic carbocycles. The number of nitrogens with zero attached hydrogens (tertiary/aromatic N) is 1. The fraction of sp³-hybridized carbons (Fsp3) is 0.296. The molecule has 1 saturated heterocycles. The van der Waals surface area contributed by atoms with Gasteiger partial charge >= 0.3 is 18.3 Å². The molecule has 2 N–H and O–H groups in total. The Morgan fingerprint density at radius 2 is 1.29 bits per heavy atom. The Morgan fingerprint density at radius 1 is 0.789 bits per heavy atom. The first-order chi connectivity index (χ1) is 17.9. The van der Waals surface area contributed by atoms with E-state index in [0.717, 1.165) is 17.8 Å². The van der Waals surface area contributed by atoms with Crippen molar-refractivity contribution >= 4 is 11.7 Å². The van der Waals surface area contributed by atoms with Crippen LogP contribution in [-0.4, -0.2) is 47.6 Å². The first-order valence-corrected chi connectivity index (χ1v) is 11.7. The number of hydrogen-bond donors (Lipinski definition) is 2. The smallest absolute Gasteiger partial charge is 0.382 e. The molecule has 0 saturated carbocycles. The largest absolute Gasteiger partial charge is 0.430 e. The minimum absolute atomic E-state index is 0.120. The molecule has 3 aromatic rings. The molecule has 1 aliphatic heterocycles. The summed E-state index contributed by atoms with van der Waals surface area (Å²) in [5.74, 6) is -0.415. The van der Waals surface area contributed by atoms with Crippen molar-refractivity contribution in [1.29, 1.82) is 0 Å². The molecule has 0 aromatic heterocycles. The summed E-state index contributed by atoms with van der Waals surface area (Å²) in [5.41, 5.74) is -4.04. The van der Waals surface area contributed by atoms with E-state index in [4.69, 9.17) is 4.84 Å². The average molecular weight is 538 g/mol. The standard InChI is InChI=1S/C27H24F6N2O3/c28-26(29,30)25(37,27(31,32)33)21-10-6-18(7-11-21)19-8-12-22(13-9-19)34-23-14-16-35(17-15-23)38-24(36)20-4-2-1-3-5-20/h1-13,23,34,37H,14-17H2. The third kappa shape index (κ3) is 5.78. The second-order valence-corrected chi connectivity index (χ2v) is 8.95. The lowest BCUT2D eigenvalue weighted by atomic mass is 9.90. The summed E-state index contributed by atoms with van der Waals surface area (Å²) in [7, 11) is 0. The van der Waals surface area contributed by atoms with Gasteiger partial charge in [0.25, 0.3) is 5.60 Å². The maximum absolute atomic E-state index is 13.1. The summed E-state index contributed by atoms with van der Waals surface area (Å²) < 4.78 is 78.6. The quantitative estimate of drug-likeness (QED) is 0.360. The molecule has 0 bridgehead atoms. The molecule has 0 spiro atoms. The zero-order valence-corrected chi connectivity index (χ0v) is 19.9. The van der Waals surface area contributed by atoms with Crippen molar-refractivity contribution in [1.82, 2.24) is 5.06 Å². The van der Waals surface area contributed by atoms with Crippen molar-refractivity contribution in [3.8, 4) is 11.1 Å². The van der Waals surface area contributed by atoms with E-state index in [1.807, 2.05) is 6.07 Å². The first-order valence-electron chi connectivity index (χ1n) is 11.7. The minimum atomic E-state index is -5.93. The summed E-state index contributed by atoms with van der Waals surface area (Å²) in [6, 6.07) is 19.2. The molecule has 202 valence electrons. The van der Waals surface area contributed by atoms with Crippen LogP contribution in [0.4, 0.5) is 32.0 Å². The number of aliphatic hydroxyl groups is 1.